The van der Waals surface area contributed by atoms with Crippen LogP contribution >= 0.6 is 0 Å². The molecule has 1 fully saturated rings. The Balaban J connectivity index is 1.45. The van der Waals surface area contributed by atoms with Crippen molar-refractivity contribution in [3.8, 4) is 11.5 Å². The number of ether oxygens (including phenoxy) is 2. The van der Waals surface area contributed by atoms with Crippen molar-refractivity contribution in [2.45, 2.75) is 33.2 Å². The Bertz CT molecular complexity index is 921. The van der Waals surface area contributed by atoms with Crippen molar-refractivity contribution in [3.05, 3.63) is 53.6 Å². The molecule has 1 heterocycles. The molecule has 1 aliphatic carbocycles. The molecule has 2 aromatic carbocycles. The van der Waals surface area contributed by atoms with Gasteiger partial charge in [0, 0.05) is 18.8 Å². The molecule has 0 spiro atoms. The molecule has 0 radical (unpaired) electrons. The molecule has 2 aliphatic rings. The molecule has 6 nitrogen and oxygen atoms in total. The zero-order chi connectivity index (χ0) is 19.7. The molecule has 6 heteroatoms. The number of nitrogens with zero attached hydrogens (tertiary/aromatic N) is 1. The van der Waals surface area contributed by atoms with E-state index in [2.05, 4.69) is 5.32 Å². The quantitative estimate of drug-likeness (QED) is 0.782. The second kappa shape index (κ2) is 7.19. The zero-order valence-corrected chi connectivity index (χ0v) is 16.2. The fraction of sp³-hybridized carbons (Fsp3) is 0.364. The number of hydrogen-bond donors (Lipinski definition) is 1. The van der Waals surface area contributed by atoms with E-state index in [4.69, 9.17) is 9.47 Å². The number of carbonyl (C=O) groups is 2. The first kappa shape index (κ1) is 18.3. The highest BCUT2D eigenvalue weighted by Gasteiger charge is 2.58. The molecule has 28 heavy (non-hydrogen) atoms. The van der Waals surface area contributed by atoms with Gasteiger partial charge >= 0.3 is 0 Å². The van der Waals surface area contributed by atoms with E-state index in [1.54, 1.807) is 4.90 Å². The Morgan fingerprint density at radius 3 is 2.61 bits per heavy atom. The highest BCUT2D eigenvalue weighted by molar-refractivity contribution is 6.14. The first-order chi connectivity index (χ1) is 13.5. The van der Waals surface area contributed by atoms with Crippen LogP contribution in [0.2, 0.25) is 0 Å². The lowest BCUT2D eigenvalue weighted by atomic mass is 10.0. The summed E-state index contributed by atoms with van der Waals surface area (Å²) in [4.78, 5) is 27.8. The van der Waals surface area contributed by atoms with Crippen LogP contribution in [0.1, 0.15) is 30.9 Å². The molecule has 0 unspecified atom stereocenters. The van der Waals surface area contributed by atoms with Crippen LogP contribution < -0.4 is 19.7 Å². The Morgan fingerprint density at radius 1 is 1.11 bits per heavy atom. The minimum atomic E-state index is -0.948. The number of rotatable bonds is 6. The summed E-state index contributed by atoms with van der Waals surface area (Å²) in [7, 11) is 0. The molecule has 0 bridgehead atoms. The van der Waals surface area contributed by atoms with Gasteiger partial charge in [-0.15, -0.1) is 0 Å². The Labute approximate surface area is 164 Å². The van der Waals surface area contributed by atoms with Gasteiger partial charge in [0.15, 0.2) is 11.5 Å². The second-order valence-corrected chi connectivity index (χ2v) is 7.34. The summed E-state index contributed by atoms with van der Waals surface area (Å²) >= 11 is 0. The Morgan fingerprint density at radius 2 is 1.89 bits per heavy atom. The molecule has 0 aromatic heterocycles. The normalized spacial score (nSPS) is 15.8. The lowest BCUT2D eigenvalue weighted by molar-refractivity contribution is -0.135. The Kier molecular flexibility index (Phi) is 4.71. The highest BCUT2D eigenvalue weighted by atomic mass is 16.7. The average molecular weight is 380 g/mol. The molecule has 1 aliphatic heterocycles. The highest BCUT2D eigenvalue weighted by Crippen LogP contribution is 2.48. The van der Waals surface area contributed by atoms with Crippen molar-refractivity contribution in [2.75, 3.05) is 18.2 Å². The van der Waals surface area contributed by atoms with Crippen LogP contribution in [0.3, 0.4) is 0 Å². The van der Waals surface area contributed by atoms with Crippen molar-refractivity contribution < 1.29 is 19.1 Å². The molecule has 0 atom stereocenters. The minimum absolute atomic E-state index is 0.121. The van der Waals surface area contributed by atoms with Crippen LogP contribution in [0.4, 0.5) is 5.69 Å². The average Bonchev–Trinajstić information content (AvgIpc) is 3.38. The summed E-state index contributed by atoms with van der Waals surface area (Å²) in [5.74, 6) is 1.06. The summed E-state index contributed by atoms with van der Waals surface area (Å²) in [6, 6.07) is 13.4. The summed E-state index contributed by atoms with van der Waals surface area (Å²) in [6.07, 6.45) is 1.17. The maximum absolute atomic E-state index is 13.2. The van der Waals surface area contributed by atoms with Gasteiger partial charge in [-0.3, -0.25) is 9.59 Å². The lowest BCUT2D eigenvalue weighted by Gasteiger charge is -2.26. The Hall–Kier alpha value is -3.02. The van der Waals surface area contributed by atoms with Crippen LogP contribution in [0.5, 0.6) is 11.5 Å². The van der Waals surface area contributed by atoms with Crippen LogP contribution in [0.25, 0.3) is 0 Å². The first-order valence-corrected chi connectivity index (χ1v) is 9.59. The predicted octanol–water partition coefficient (Wildman–Crippen LogP) is 3.17. The number of nitrogens with one attached hydrogen (secondary N) is 1. The molecule has 1 saturated carbocycles. The summed E-state index contributed by atoms with van der Waals surface area (Å²) < 4.78 is 10.7. The summed E-state index contributed by atoms with van der Waals surface area (Å²) in [5, 5.41) is 2.93. The SMILES string of the molecule is CCN(C(=O)C1(C(=O)NCc2ccc3c(c2)OCO3)CC1)c1cccc(C)c1. The molecule has 1 N–H and O–H groups in total. The van der Waals surface area contributed by atoms with E-state index in [1.165, 1.54) is 0 Å². The van der Waals surface area contributed by atoms with Crippen LogP contribution in [-0.4, -0.2) is 25.2 Å². The molecular formula is C22H24N2O4. The fourth-order valence-corrected chi connectivity index (χ4v) is 3.56. The third-order valence-corrected chi connectivity index (χ3v) is 5.36. The number of amides is 2. The van der Waals surface area contributed by atoms with Gasteiger partial charge < -0.3 is 19.7 Å². The molecule has 0 saturated heterocycles. The number of aryl methyl sites for hydroxylation is 1. The fourth-order valence-electron chi connectivity index (χ4n) is 3.56. The number of anilines is 1. The minimum Gasteiger partial charge on any atom is -0.454 e. The van der Waals surface area contributed by atoms with E-state index in [-0.39, 0.29) is 18.6 Å². The van der Waals surface area contributed by atoms with Crippen LogP contribution in [0.15, 0.2) is 42.5 Å². The second-order valence-electron chi connectivity index (χ2n) is 7.34. The van der Waals surface area contributed by atoms with Crippen molar-refractivity contribution in [1.29, 1.82) is 0 Å². The third-order valence-electron chi connectivity index (χ3n) is 5.36. The van der Waals surface area contributed by atoms with Crippen molar-refractivity contribution in [1.82, 2.24) is 5.32 Å². The van der Waals surface area contributed by atoms with E-state index in [9.17, 15) is 9.59 Å². The standard InChI is InChI=1S/C22H24N2O4/c1-3-24(17-6-4-5-15(2)11-17)21(26)22(9-10-22)20(25)23-13-16-7-8-18-19(12-16)28-14-27-18/h4-8,11-12H,3,9-10,13-14H2,1-2H3,(H,23,25). The topological polar surface area (TPSA) is 67.9 Å². The number of benzene rings is 2. The van der Waals surface area contributed by atoms with Gasteiger partial charge in [0.1, 0.15) is 5.41 Å². The number of fused-ring (bicyclic) bond motifs is 1. The summed E-state index contributed by atoms with van der Waals surface area (Å²) in [5.41, 5.74) is 1.88. The number of carbonyl (C=O) groups excluding carboxylic acids is 2. The van der Waals surface area contributed by atoms with E-state index in [0.29, 0.717) is 37.4 Å². The maximum atomic E-state index is 13.2. The largest absolute Gasteiger partial charge is 0.454 e. The van der Waals surface area contributed by atoms with E-state index < -0.39 is 5.41 Å². The van der Waals surface area contributed by atoms with Crippen molar-refractivity contribution in [2.24, 2.45) is 5.41 Å². The van der Waals surface area contributed by atoms with Gasteiger partial charge in [-0.2, -0.15) is 0 Å². The van der Waals surface area contributed by atoms with Gasteiger partial charge in [-0.05, 0) is 62.1 Å². The zero-order valence-electron chi connectivity index (χ0n) is 16.2. The van der Waals surface area contributed by atoms with E-state index in [1.807, 2.05) is 56.3 Å². The lowest BCUT2D eigenvalue weighted by Crippen LogP contribution is -2.45. The van der Waals surface area contributed by atoms with E-state index in [0.717, 1.165) is 16.8 Å². The van der Waals surface area contributed by atoms with Gasteiger partial charge in [-0.1, -0.05) is 18.2 Å². The predicted molar refractivity (Wildman–Crippen MR) is 105 cm³/mol. The van der Waals surface area contributed by atoms with Gasteiger partial charge in [0.25, 0.3) is 0 Å². The van der Waals surface area contributed by atoms with E-state index >= 15 is 0 Å². The smallest absolute Gasteiger partial charge is 0.242 e. The monoisotopic (exact) mass is 380 g/mol. The van der Waals surface area contributed by atoms with Gasteiger partial charge in [-0.25, -0.2) is 0 Å². The van der Waals surface area contributed by atoms with Crippen LogP contribution in [-0.2, 0) is 16.1 Å². The van der Waals surface area contributed by atoms with Gasteiger partial charge in [0.05, 0.1) is 0 Å². The third kappa shape index (κ3) is 3.30. The summed E-state index contributed by atoms with van der Waals surface area (Å²) in [6.45, 7) is 5.02. The molecule has 4 rings (SSSR count). The van der Waals surface area contributed by atoms with Crippen molar-refractivity contribution >= 4 is 17.5 Å². The molecule has 2 aromatic rings. The molecule has 2 amide bonds. The number of hydrogen-bond acceptors (Lipinski definition) is 4. The van der Waals surface area contributed by atoms with Crippen molar-refractivity contribution in [3.63, 3.8) is 0 Å². The maximum Gasteiger partial charge on any atom is 0.242 e. The van der Waals surface area contributed by atoms with Crippen LogP contribution in [0, 0.1) is 12.3 Å². The molecular weight excluding hydrogens is 356 g/mol. The van der Waals surface area contributed by atoms with Gasteiger partial charge in [0.2, 0.25) is 18.6 Å². The molecule has 146 valence electrons. The first-order valence-electron chi connectivity index (χ1n) is 9.59.